The van der Waals surface area contributed by atoms with Gasteiger partial charge in [0.25, 0.3) is 0 Å². The number of carboxylic acids is 1. The third kappa shape index (κ3) is 4.73. The zero-order valence-corrected chi connectivity index (χ0v) is 18.4. The van der Waals surface area contributed by atoms with Crippen molar-refractivity contribution in [1.82, 2.24) is 10.6 Å². The Morgan fingerprint density at radius 2 is 1.56 bits per heavy atom. The van der Waals surface area contributed by atoms with E-state index in [1.807, 2.05) is 48.5 Å². The zero-order valence-electron chi connectivity index (χ0n) is 18.4. The standard InChI is InChI=1S/C25H26F2N2O5/c26-21(27)13-20(22(30)29-25(23(31)32)11-5-6-12-25)28-24(33)34-14-19-17-9-3-1-7-15(17)16-8-2-4-10-18(16)19/h1-4,7-10,19-21H,5-6,11-14H2,(H,28,33)(H,29,30)(H,31,32). The summed E-state index contributed by atoms with van der Waals surface area (Å²) in [5, 5.41) is 14.1. The van der Waals surface area contributed by atoms with Crippen LogP contribution in [0.3, 0.4) is 0 Å². The maximum atomic E-state index is 13.1. The van der Waals surface area contributed by atoms with E-state index in [2.05, 4.69) is 10.6 Å². The topological polar surface area (TPSA) is 105 Å². The number of hydrogen-bond donors (Lipinski definition) is 3. The van der Waals surface area contributed by atoms with Crippen LogP contribution in [0.15, 0.2) is 48.5 Å². The molecule has 1 atom stereocenters. The van der Waals surface area contributed by atoms with Gasteiger partial charge in [-0.2, -0.15) is 0 Å². The normalized spacial score (nSPS) is 17.0. The number of alkyl halides is 2. The first-order valence-electron chi connectivity index (χ1n) is 11.3. The van der Waals surface area contributed by atoms with Gasteiger partial charge in [-0.05, 0) is 35.1 Å². The molecule has 0 bridgehead atoms. The Bertz CT molecular complexity index is 1040. The first kappa shape index (κ1) is 23.7. The highest BCUT2D eigenvalue weighted by atomic mass is 19.3. The number of carboxylic acid groups (broad SMARTS) is 1. The summed E-state index contributed by atoms with van der Waals surface area (Å²) in [4.78, 5) is 36.9. The molecule has 0 aromatic heterocycles. The highest BCUT2D eigenvalue weighted by molar-refractivity contribution is 5.91. The van der Waals surface area contributed by atoms with Crippen molar-refractivity contribution >= 4 is 18.0 Å². The van der Waals surface area contributed by atoms with Gasteiger partial charge in [0, 0.05) is 12.3 Å². The molecule has 3 N–H and O–H groups in total. The van der Waals surface area contributed by atoms with E-state index < -0.39 is 42.4 Å². The predicted molar refractivity (Wildman–Crippen MR) is 120 cm³/mol. The van der Waals surface area contributed by atoms with Gasteiger partial charge in [-0.1, -0.05) is 61.4 Å². The van der Waals surface area contributed by atoms with Crippen LogP contribution in [-0.4, -0.2) is 47.7 Å². The summed E-state index contributed by atoms with van der Waals surface area (Å²) in [6.07, 6.45) is -3.22. The molecule has 1 fully saturated rings. The average Bonchev–Trinajstić information content (AvgIpc) is 3.41. The Hall–Kier alpha value is -3.49. The molecule has 0 radical (unpaired) electrons. The van der Waals surface area contributed by atoms with Gasteiger partial charge in [-0.3, -0.25) is 4.79 Å². The smallest absolute Gasteiger partial charge is 0.407 e. The number of ether oxygens (including phenoxy) is 1. The Morgan fingerprint density at radius 3 is 2.09 bits per heavy atom. The van der Waals surface area contributed by atoms with E-state index in [9.17, 15) is 28.3 Å². The molecule has 0 spiro atoms. The van der Waals surface area contributed by atoms with Crippen molar-refractivity contribution in [2.24, 2.45) is 0 Å². The quantitative estimate of drug-likeness (QED) is 0.538. The van der Waals surface area contributed by atoms with Crippen molar-refractivity contribution in [1.29, 1.82) is 0 Å². The number of nitrogens with one attached hydrogen (secondary N) is 2. The van der Waals surface area contributed by atoms with Crippen molar-refractivity contribution in [2.45, 2.75) is 56.0 Å². The maximum Gasteiger partial charge on any atom is 0.407 e. The van der Waals surface area contributed by atoms with Gasteiger partial charge in [0.1, 0.15) is 18.2 Å². The molecule has 9 heteroatoms. The summed E-state index contributed by atoms with van der Waals surface area (Å²) in [5.74, 6) is -2.40. The van der Waals surface area contributed by atoms with Gasteiger partial charge >= 0.3 is 12.1 Å². The number of hydrogen-bond acceptors (Lipinski definition) is 4. The van der Waals surface area contributed by atoms with Crippen molar-refractivity contribution in [2.75, 3.05) is 6.61 Å². The lowest BCUT2D eigenvalue weighted by atomic mass is 9.97. The van der Waals surface area contributed by atoms with E-state index in [0.29, 0.717) is 12.8 Å². The van der Waals surface area contributed by atoms with Crippen molar-refractivity contribution in [3.8, 4) is 11.1 Å². The Balaban J connectivity index is 1.43. The second-order valence-corrected chi connectivity index (χ2v) is 8.73. The minimum absolute atomic E-state index is 0.0397. The van der Waals surface area contributed by atoms with Gasteiger partial charge in [0.2, 0.25) is 12.3 Å². The molecule has 0 aliphatic heterocycles. The maximum absolute atomic E-state index is 13.1. The minimum atomic E-state index is -2.88. The number of carbonyl (C=O) groups is 3. The second-order valence-electron chi connectivity index (χ2n) is 8.73. The van der Waals surface area contributed by atoms with Gasteiger partial charge in [0.15, 0.2) is 0 Å². The summed E-state index contributed by atoms with van der Waals surface area (Å²) in [5.41, 5.74) is 2.56. The predicted octanol–water partition coefficient (Wildman–Crippen LogP) is 4.06. The molecule has 0 saturated heterocycles. The van der Waals surface area contributed by atoms with Crippen LogP contribution in [0.5, 0.6) is 0 Å². The van der Waals surface area contributed by atoms with Gasteiger partial charge in [-0.25, -0.2) is 18.4 Å². The largest absolute Gasteiger partial charge is 0.480 e. The fraction of sp³-hybridized carbons (Fsp3) is 0.400. The van der Waals surface area contributed by atoms with Gasteiger partial charge in [0.05, 0.1) is 0 Å². The number of rotatable bonds is 8. The van der Waals surface area contributed by atoms with Crippen LogP contribution in [-0.2, 0) is 14.3 Å². The van der Waals surface area contributed by atoms with E-state index in [-0.39, 0.29) is 25.4 Å². The average molecular weight is 472 g/mol. The molecule has 4 rings (SSSR count). The Morgan fingerprint density at radius 1 is 1.00 bits per heavy atom. The first-order valence-corrected chi connectivity index (χ1v) is 11.3. The van der Waals surface area contributed by atoms with E-state index >= 15 is 0 Å². The summed E-state index contributed by atoms with van der Waals surface area (Å²) in [6, 6.07) is 13.9. The molecular weight excluding hydrogens is 446 g/mol. The van der Waals surface area contributed by atoms with Gasteiger partial charge in [-0.15, -0.1) is 0 Å². The second kappa shape index (κ2) is 9.79. The third-order valence-electron chi connectivity index (χ3n) is 6.60. The van der Waals surface area contributed by atoms with Crippen molar-refractivity contribution < 1.29 is 33.0 Å². The number of halogens is 2. The van der Waals surface area contributed by atoms with Crippen molar-refractivity contribution in [3.05, 3.63) is 59.7 Å². The molecule has 2 aliphatic rings. The number of benzene rings is 2. The summed E-state index contributed by atoms with van der Waals surface area (Å²) in [7, 11) is 0. The van der Waals surface area contributed by atoms with Gasteiger partial charge < -0.3 is 20.5 Å². The molecule has 34 heavy (non-hydrogen) atoms. The highest BCUT2D eigenvalue weighted by Gasteiger charge is 2.44. The molecule has 2 aliphatic carbocycles. The Kier molecular flexibility index (Phi) is 6.81. The van der Waals surface area contributed by atoms with E-state index in [0.717, 1.165) is 22.3 Å². The van der Waals surface area contributed by atoms with Crippen LogP contribution in [0.2, 0.25) is 0 Å². The SMILES string of the molecule is O=C(NC(CC(F)F)C(=O)NC1(C(=O)O)CCCC1)OCC1c2ccccc2-c2ccccc21. The molecule has 0 heterocycles. The van der Waals surface area contributed by atoms with Crippen LogP contribution in [0, 0.1) is 0 Å². The van der Waals surface area contributed by atoms with Crippen LogP contribution in [0.25, 0.3) is 11.1 Å². The first-order chi connectivity index (χ1) is 16.3. The van der Waals surface area contributed by atoms with Crippen LogP contribution in [0.4, 0.5) is 13.6 Å². The summed E-state index contributed by atoms with van der Waals surface area (Å²) in [6.45, 7) is -0.0397. The van der Waals surface area contributed by atoms with Crippen LogP contribution in [0.1, 0.15) is 49.1 Å². The summed E-state index contributed by atoms with van der Waals surface area (Å²) < 4.78 is 31.6. The van der Waals surface area contributed by atoms with E-state index in [1.54, 1.807) is 0 Å². The van der Waals surface area contributed by atoms with Crippen LogP contribution < -0.4 is 10.6 Å². The number of alkyl carbamates (subject to hydrolysis) is 1. The van der Waals surface area contributed by atoms with E-state index in [4.69, 9.17) is 4.74 Å². The molecular formula is C25H26F2N2O5. The number of fused-ring (bicyclic) bond motifs is 3. The highest BCUT2D eigenvalue weighted by Crippen LogP contribution is 2.44. The fourth-order valence-corrected chi connectivity index (χ4v) is 4.89. The number of aliphatic carboxylic acids is 1. The third-order valence-corrected chi connectivity index (χ3v) is 6.60. The summed E-state index contributed by atoms with van der Waals surface area (Å²) >= 11 is 0. The monoisotopic (exact) mass is 472 g/mol. The molecule has 7 nitrogen and oxygen atoms in total. The van der Waals surface area contributed by atoms with E-state index in [1.165, 1.54) is 0 Å². The fourth-order valence-electron chi connectivity index (χ4n) is 4.89. The zero-order chi connectivity index (χ0) is 24.3. The molecule has 2 aromatic rings. The molecule has 1 saturated carbocycles. The Labute approximate surface area is 195 Å². The molecule has 2 aromatic carbocycles. The lowest BCUT2D eigenvalue weighted by Gasteiger charge is -2.28. The molecule has 180 valence electrons. The minimum Gasteiger partial charge on any atom is -0.480 e. The molecule has 1 unspecified atom stereocenters. The molecule has 2 amide bonds. The van der Waals surface area contributed by atoms with Crippen LogP contribution >= 0.6 is 0 Å². The number of carbonyl (C=O) groups excluding carboxylic acids is 2. The lowest BCUT2D eigenvalue weighted by molar-refractivity contribution is -0.147. The van der Waals surface area contributed by atoms with Crippen molar-refractivity contribution in [3.63, 3.8) is 0 Å². The number of amides is 2. The lowest BCUT2D eigenvalue weighted by Crippen LogP contribution is -2.58.